The van der Waals surface area contributed by atoms with Crippen LogP contribution in [0.2, 0.25) is 5.02 Å². The third-order valence-electron chi connectivity index (χ3n) is 3.51. The van der Waals surface area contributed by atoms with E-state index in [1.807, 2.05) is 12.1 Å². The monoisotopic (exact) mass is 332 g/mol. The number of hydrogen-bond acceptors (Lipinski definition) is 4. The van der Waals surface area contributed by atoms with Crippen molar-refractivity contribution >= 4 is 21.6 Å². The lowest BCUT2D eigenvalue weighted by molar-refractivity contribution is 0.215. The minimum absolute atomic E-state index is 0.555. The second-order valence-corrected chi connectivity index (χ2v) is 7.58. The molecule has 1 heterocycles. The first kappa shape index (κ1) is 16.5. The molecular weight excluding hydrogens is 312 g/mol. The van der Waals surface area contributed by atoms with Crippen molar-refractivity contribution in [3.8, 4) is 5.75 Å². The van der Waals surface area contributed by atoms with Crippen LogP contribution in [0.5, 0.6) is 5.75 Å². The third-order valence-corrected chi connectivity index (χ3v) is 5.06. The van der Waals surface area contributed by atoms with Gasteiger partial charge >= 0.3 is 0 Å². The summed E-state index contributed by atoms with van der Waals surface area (Å²) in [6, 6.07) is 7.28. The second-order valence-electron chi connectivity index (χ2n) is 5.16. The van der Waals surface area contributed by atoms with Crippen molar-refractivity contribution in [2.75, 3.05) is 45.6 Å². The van der Waals surface area contributed by atoms with E-state index in [0.717, 1.165) is 31.8 Å². The van der Waals surface area contributed by atoms with E-state index in [2.05, 4.69) is 4.90 Å². The topological polar surface area (TPSA) is 49.9 Å². The molecule has 1 aliphatic heterocycles. The molecule has 5 nitrogen and oxygen atoms in total. The minimum Gasteiger partial charge on any atom is -0.492 e. The summed E-state index contributed by atoms with van der Waals surface area (Å²) in [7, 11) is -3.08. The lowest BCUT2D eigenvalue weighted by Crippen LogP contribution is -2.35. The van der Waals surface area contributed by atoms with E-state index in [1.165, 1.54) is 6.26 Å². The predicted octanol–water partition coefficient (Wildman–Crippen LogP) is 1.69. The number of benzene rings is 1. The summed E-state index contributed by atoms with van der Waals surface area (Å²) in [5.41, 5.74) is 0. The molecule has 0 radical (unpaired) electrons. The van der Waals surface area contributed by atoms with Crippen LogP contribution < -0.4 is 4.74 Å². The maximum absolute atomic E-state index is 11.5. The molecule has 1 fully saturated rings. The number of ether oxygens (including phenoxy) is 1. The van der Waals surface area contributed by atoms with E-state index in [-0.39, 0.29) is 0 Å². The average molecular weight is 333 g/mol. The molecule has 0 saturated carbocycles. The fourth-order valence-corrected chi connectivity index (χ4v) is 3.33. The standard InChI is InChI=1S/C14H21ClN2O3S/c1-21(18,19)17-8-2-7-16(9-10-17)11-12-20-14-5-3-13(15)4-6-14/h3-6H,2,7-12H2,1H3. The molecule has 1 aromatic carbocycles. The Morgan fingerprint density at radius 3 is 2.52 bits per heavy atom. The van der Waals surface area contributed by atoms with E-state index < -0.39 is 10.0 Å². The highest BCUT2D eigenvalue weighted by atomic mass is 35.5. The molecule has 0 atom stereocenters. The Bertz CT molecular complexity index is 548. The summed E-state index contributed by atoms with van der Waals surface area (Å²) in [5.74, 6) is 0.798. The first-order chi connectivity index (χ1) is 9.95. The van der Waals surface area contributed by atoms with Crippen LogP contribution in [0.25, 0.3) is 0 Å². The Hall–Kier alpha value is -0.820. The average Bonchev–Trinajstić information content (AvgIpc) is 2.66. The molecular formula is C14H21ClN2O3S. The highest BCUT2D eigenvalue weighted by molar-refractivity contribution is 7.88. The van der Waals surface area contributed by atoms with Crippen LogP contribution in [-0.4, -0.2) is 63.2 Å². The maximum Gasteiger partial charge on any atom is 0.211 e. The Morgan fingerprint density at radius 1 is 1.14 bits per heavy atom. The van der Waals surface area contributed by atoms with Crippen LogP contribution in [0.15, 0.2) is 24.3 Å². The van der Waals surface area contributed by atoms with Crippen molar-refractivity contribution in [2.45, 2.75) is 6.42 Å². The van der Waals surface area contributed by atoms with Gasteiger partial charge in [0.1, 0.15) is 12.4 Å². The highest BCUT2D eigenvalue weighted by Gasteiger charge is 2.20. The van der Waals surface area contributed by atoms with Gasteiger partial charge in [0, 0.05) is 31.2 Å². The molecule has 0 aromatic heterocycles. The number of nitrogens with zero attached hydrogens (tertiary/aromatic N) is 2. The van der Waals surface area contributed by atoms with Gasteiger partial charge in [-0.05, 0) is 37.2 Å². The quantitative estimate of drug-likeness (QED) is 0.823. The molecule has 2 rings (SSSR count). The molecule has 1 aromatic rings. The molecule has 1 saturated heterocycles. The zero-order chi connectivity index (χ0) is 15.3. The normalized spacial score (nSPS) is 18.4. The van der Waals surface area contributed by atoms with Gasteiger partial charge in [0.2, 0.25) is 10.0 Å². The van der Waals surface area contributed by atoms with Gasteiger partial charge in [0.05, 0.1) is 6.26 Å². The molecule has 0 spiro atoms. The fraction of sp³-hybridized carbons (Fsp3) is 0.571. The second kappa shape index (κ2) is 7.45. The molecule has 118 valence electrons. The lowest BCUT2D eigenvalue weighted by Gasteiger charge is -2.20. The molecule has 0 amide bonds. The van der Waals surface area contributed by atoms with Crippen LogP contribution in [0.3, 0.4) is 0 Å². The van der Waals surface area contributed by atoms with Gasteiger partial charge in [0.25, 0.3) is 0 Å². The number of sulfonamides is 1. The van der Waals surface area contributed by atoms with Crippen LogP contribution in [0.4, 0.5) is 0 Å². The van der Waals surface area contributed by atoms with Crippen molar-refractivity contribution in [1.29, 1.82) is 0 Å². The zero-order valence-electron chi connectivity index (χ0n) is 12.2. The molecule has 21 heavy (non-hydrogen) atoms. The van der Waals surface area contributed by atoms with Crippen molar-refractivity contribution in [1.82, 2.24) is 9.21 Å². The molecule has 0 unspecified atom stereocenters. The van der Waals surface area contributed by atoms with Crippen LogP contribution in [0.1, 0.15) is 6.42 Å². The molecule has 7 heteroatoms. The zero-order valence-corrected chi connectivity index (χ0v) is 13.7. The minimum atomic E-state index is -3.08. The number of halogens is 1. The van der Waals surface area contributed by atoms with Gasteiger partial charge in [-0.15, -0.1) is 0 Å². The van der Waals surface area contributed by atoms with Crippen LogP contribution >= 0.6 is 11.6 Å². The molecule has 0 N–H and O–H groups in total. The van der Waals surface area contributed by atoms with Crippen LogP contribution in [0, 0.1) is 0 Å². The fourth-order valence-electron chi connectivity index (χ4n) is 2.33. The van der Waals surface area contributed by atoms with E-state index in [0.29, 0.717) is 24.7 Å². The Balaban J connectivity index is 1.75. The SMILES string of the molecule is CS(=O)(=O)N1CCCN(CCOc2ccc(Cl)cc2)CC1. The van der Waals surface area contributed by atoms with E-state index >= 15 is 0 Å². The van der Waals surface area contributed by atoms with E-state index in [9.17, 15) is 8.42 Å². The van der Waals surface area contributed by atoms with Gasteiger partial charge in [-0.25, -0.2) is 12.7 Å². The van der Waals surface area contributed by atoms with Gasteiger partial charge in [0.15, 0.2) is 0 Å². The van der Waals surface area contributed by atoms with E-state index in [1.54, 1.807) is 16.4 Å². The van der Waals surface area contributed by atoms with Gasteiger partial charge < -0.3 is 4.74 Å². The molecule has 0 aliphatic carbocycles. The predicted molar refractivity (Wildman–Crippen MR) is 84.4 cm³/mol. The Labute approximate surface area is 131 Å². The van der Waals surface area contributed by atoms with Crippen LogP contribution in [-0.2, 0) is 10.0 Å². The summed E-state index contributed by atoms with van der Waals surface area (Å²) < 4.78 is 30.3. The lowest BCUT2D eigenvalue weighted by atomic mass is 10.3. The smallest absolute Gasteiger partial charge is 0.211 e. The molecule has 1 aliphatic rings. The summed E-state index contributed by atoms with van der Waals surface area (Å²) in [5, 5.41) is 0.690. The van der Waals surface area contributed by atoms with Crippen molar-refractivity contribution in [3.05, 3.63) is 29.3 Å². The summed E-state index contributed by atoms with van der Waals surface area (Å²) in [6.45, 7) is 4.18. The molecule has 0 bridgehead atoms. The first-order valence-corrected chi connectivity index (χ1v) is 9.23. The Morgan fingerprint density at radius 2 is 1.86 bits per heavy atom. The van der Waals surface area contributed by atoms with E-state index in [4.69, 9.17) is 16.3 Å². The van der Waals surface area contributed by atoms with Gasteiger partial charge in [-0.2, -0.15) is 0 Å². The van der Waals surface area contributed by atoms with Crippen molar-refractivity contribution in [2.24, 2.45) is 0 Å². The largest absolute Gasteiger partial charge is 0.492 e. The highest BCUT2D eigenvalue weighted by Crippen LogP contribution is 2.15. The number of hydrogen-bond donors (Lipinski definition) is 0. The van der Waals surface area contributed by atoms with Crippen molar-refractivity contribution < 1.29 is 13.2 Å². The maximum atomic E-state index is 11.5. The van der Waals surface area contributed by atoms with Gasteiger partial charge in [-0.1, -0.05) is 11.6 Å². The summed E-state index contributed by atoms with van der Waals surface area (Å²) in [6.07, 6.45) is 2.13. The van der Waals surface area contributed by atoms with Crippen molar-refractivity contribution in [3.63, 3.8) is 0 Å². The summed E-state index contributed by atoms with van der Waals surface area (Å²) >= 11 is 5.82. The first-order valence-electron chi connectivity index (χ1n) is 7.01. The third kappa shape index (κ3) is 5.47. The Kier molecular flexibility index (Phi) is 5.87. The van der Waals surface area contributed by atoms with Gasteiger partial charge in [-0.3, -0.25) is 4.90 Å². The summed E-state index contributed by atoms with van der Waals surface area (Å²) in [4.78, 5) is 2.24. The number of rotatable bonds is 5.